The Bertz CT molecular complexity index is 2650. The van der Waals surface area contributed by atoms with E-state index in [1.807, 2.05) is 0 Å². The molecule has 0 heteroatoms. The van der Waals surface area contributed by atoms with Gasteiger partial charge in [0.15, 0.2) is 0 Å². The van der Waals surface area contributed by atoms with Crippen molar-refractivity contribution in [1.82, 2.24) is 0 Å². The number of hydrogen-bond donors (Lipinski definition) is 0. The summed E-state index contributed by atoms with van der Waals surface area (Å²) >= 11 is 0. The van der Waals surface area contributed by atoms with Gasteiger partial charge in [0, 0.05) is 0 Å². The topological polar surface area (TPSA) is 0 Å². The Kier molecular flexibility index (Phi) is 5.98. The molecule has 0 aliphatic heterocycles. The highest BCUT2D eigenvalue weighted by atomic mass is 14.2. The largest absolute Gasteiger partial charge is 0.0616 e. The van der Waals surface area contributed by atoms with Crippen molar-refractivity contribution in [2.45, 2.75) is 0 Å². The van der Waals surface area contributed by atoms with Crippen LogP contribution in [0.5, 0.6) is 0 Å². The van der Waals surface area contributed by atoms with Gasteiger partial charge in [0.2, 0.25) is 0 Å². The van der Waals surface area contributed by atoms with Crippen LogP contribution < -0.4 is 0 Å². The van der Waals surface area contributed by atoms with Gasteiger partial charge in [0.1, 0.15) is 0 Å². The Morgan fingerprint density at radius 3 is 1.12 bits per heavy atom. The van der Waals surface area contributed by atoms with Gasteiger partial charge in [0.25, 0.3) is 0 Å². The highest BCUT2D eigenvalue weighted by molar-refractivity contribution is 6.23. The first-order valence-electron chi connectivity index (χ1n) is 16.7. The summed E-state index contributed by atoms with van der Waals surface area (Å²) in [5.74, 6) is 0. The Balaban J connectivity index is 1.12. The SMILES string of the molecule is c1ccc2c(-c3cc(-c4ccc(-c5cc6ccc7cccc8ccc(c5)c6c78)cc4)cc(-c4cccc5ccccc45)c3)cccc2c1. The summed E-state index contributed by atoms with van der Waals surface area (Å²) in [6.07, 6.45) is 0. The zero-order chi connectivity index (χ0) is 31.6. The Hall–Kier alpha value is -6.24. The predicted octanol–water partition coefficient (Wildman–Crippen LogP) is 13.6. The molecule has 0 aliphatic rings. The molecule has 0 radical (unpaired) electrons. The lowest BCUT2D eigenvalue weighted by molar-refractivity contribution is 1.58. The third kappa shape index (κ3) is 4.31. The van der Waals surface area contributed by atoms with Crippen LogP contribution in [-0.4, -0.2) is 0 Å². The van der Waals surface area contributed by atoms with Gasteiger partial charge in [-0.2, -0.15) is 0 Å². The van der Waals surface area contributed by atoms with E-state index < -0.39 is 0 Å². The summed E-state index contributed by atoms with van der Waals surface area (Å²) in [6, 6.07) is 67.2. The highest BCUT2D eigenvalue weighted by Gasteiger charge is 2.13. The van der Waals surface area contributed by atoms with Crippen LogP contribution in [0.25, 0.3) is 98.4 Å². The molecule has 0 unspecified atom stereocenters. The molecule has 0 aliphatic carbocycles. The fourth-order valence-electron chi connectivity index (χ4n) is 7.83. The predicted molar refractivity (Wildman–Crippen MR) is 207 cm³/mol. The van der Waals surface area contributed by atoms with Crippen molar-refractivity contribution in [2.75, 3.05) is 0 Å². The van der Waals surface area contributed by atoms with Crippen molar-refractivity contribution in [3.8, 4) is 44.5 Å². The fourth-order valence-corrected chi connectivity index (χ4v) is 7.83. The Morgan fingerprint density at radius 1 is 0.208 bits per heavy atom. The molecule has 0 aromatic heterocycles. The van der Waals surface area contributed by atoms with Gasteiger partial charge < -0.3 is 0 Å². The molecule has 0 heterocycles. The first-order valence-corrected chi connectivity index (χ1v) is 16.7. The summed E-state index contributed by atoms with van der Waals surface area (Å²) in [7, 11) is 0. The summed E-state index contributed by atoms with van der Waals surface area (Å²) < 4.78 is 0. The molecule has 0 bridgehead atoms. The van der Waals surface area contributed by atoms with E-state index >= 15 is 0 Å². The molecule has 0 atom stereocenters. The normalized spacial score (nSPS) is 11.8. The Morgan fingerprint density at radius 2 is 0.583 bits per heavy atom. The number of rotatable bonds is 4. The molecule has 10 aromatic carbocycles. The van der Waals surface area contributed by atoms with E-state index in [9.17, 15) is 0 Å². The average Bonchev–Trinajstić information content (AvgIpc) is 3.16. The van der Waals surface area contributed by atoms with Crippen LogP contribution in [0.3, 0.4) is 0 Å². The molecular formula is C48H30. The lowest BCUT2D eigenvalue weighted by Gasteiger charge is -2.15. The van der Waals surface area contributed by atoms with Crippen LogP contribution in [0.15, 0.2) is 182 Å². The second-order valence-electron chi connectivity index (χ2n) is 12.9. The van der Waals surface area contributed by atoms with Gasteiger partial charge in [-0.1, -0.05) is 152 Å². The van der Waals surface area contributed by atoms with E-state index in [1.165, 1.54) is 98.4 Å². The van der Waals surface area contributed by atoms with E-state index in [1.54, 1.807) is 0 Å². The van der Waals surface area contributed by atoms with E-state index in [-0.39, 0.29) is 0 Å². The third-order valence-electron chi connectivity index (χ3n) is 10.1. The monoisotopic (exact) mass is 606 g/mol. The average molecular weight is 607 g/mol. The molecule has 0 saturated heterocycles. The fraction of sp³-hybridized carbons (Fsp3) is 0. The molecule has 0 N–H and O–H groups in total. The molecule has 222 valence electrons. The highest BCUT2D eigenvalue weighted by Crippen LogP contribution is 2.40. The van der Waals surface area contributed by atoms with Crippen molar-refractivity contribution < 1.29 is 0 Å². The van der Waals surface area contributed by atoms with E-state index in [4.69, 9.17) is 0 Å². The minimum Gasteiger partial charge on any atom is -0.0616 e. The molecule has 0 fully saturated rings. The maximum absolute atomic E-state index is 2.37. The third-order valence-corrected chi connectivity index (χ3v) is 10.1. The number of hydrogen-bond acceptors (Lipinski definition) is 0. The second kappa shape index (κ2) is 10.7. The van der Waals surface area contributed by atoms with Crippen LogP contribution in [0.1, 0.15) is 0 Å². The van der Waals surface area contributed by atoms with Crippen LogP contribution in [0, 0.1) is 0 Å². The van der Waals surface area contributed by atoms with E-state index in [0.29, 0.717) is 0 Å². The molecule has 0 nitrogen and oxygen atoms in total. The van der Waals surface area contributed by atoms with Crippen LogP contribution >= 0.6 is 0 Å². The zero-order valence-corrected chi connectivity index (χ0v) is 26.3. The van der Waals surface area contributed by atoms with E-state index in [0.717, 1.165) is 0 Å². The van der Waals surface area contributed by atoms with Gasteiger partial charge in [-0.15, -0.1) is 0 Å². The maximum Gasteiger partial charge on any atom is -0.00264 e. The lowest BCUT2D eigenvalue weighted by Crippen LogP contribution is -1.89. The van der Waals surface area contributed by atoms with Gasteiger partial charge >= 0.3 is 0 Å². The van der Waals surface area contributed by atoms with Crippen molar-refractivity contribution in [3.05, 3.63) is 182 Å². The molecule has 0 spiro atoms. The molecule has 0 amide bonds. The van der Waals surface area contributed by atoms with Crippen LogP contribution in [-0.2, 0) is 0 Å². The molecule has 10 aromatic rings. The summed E-state index contributed by atoms with van der Waals surface area (Å²) in [4.78, 5) is 0. The quantitative estimate of drug-likeness (QED) is 0.175. The van der Waals surface area contributed by atoms with Crippen molar-refractivity contribution in [3.63, 3.8) is 0 Å². The zero-order valence-electron chi connectivity index (χ0n) is 26.3. The van der Waals surface area contributed by atoms with Gasteiger partial charge in [-0.05, 0) is 129 Å². The molecule has 48 heavy (non-hydrogen) atoms. The molecule has 10 rings (SSSR count). The van der Waals surface area contributed by atoms with Crippen molar-refractivity contribution >= 4 is 53.9 Å². The van der Waals surface area contributed by atoms with Crippen LogP contribution in [0.2, 0.25) is 0 Å². The van der Waals surface area contributed by atoms with E-state index in [2.05, 4.69) is 182 Å². The smallest absolute Gasteiger partial charge is 0.00264 e. The molecular weight excluding hydrogens is 577 g/mol. The second-order valence-corrected chi connectivity index (χ2v) is 12.9. The summed E-state index contributed by atoms with van der Waals surface area (Å²) in [5, 5.41) is 13.0. The van der Waals surface area contributed by atoms with Gasteiger partial charge in [-0.3, -0.25) is 0 Å². The van der Waals surface area contributed by atoms with Gasteiger partial charge in [0.05, 0.1) is 0 Å². The number of fused-ring (bicyclic) bond motifs is 2. The first kappa shape index (κ1) is 26.9. The standard InChI is InChI=1S/C48H30/c1-3-14-43-33(8-1)10-6-16-45(43)41-28-40(29-42(30-41)46-17-7-11-34-9-2-4-15-44(34)46)32-20-18-31(19-21-32)39-26-37-24-22-35-12-5-13-36-23-25-38(27-39)48(37)47(35)36/h1-30H. The summed E-state index contributed by atoms with van der Waals surface area (Å²) in [5.41, 5.74) is 9.85. The summed E-state index contributed by atoms with van der Waals surface area (Å²) in [6.45, 7) is 0. The lowest BCUT2D eigenvalue weighted by atomic mass is 9.89. The minimum absolute atomic E-state index is 1.21. The van der Waals surface area contributed by atoms with Crippen LogP contribution in [0.4, 0.5) is 0 Å². The van der Waals surface area contributed by atoms with Crippen molar-refractivity contribution in [2.24, 2.45) is 0 Å². The molecule has 0 saturated carbocycles. The van der Waals surface area contributed by atoms with Crippen molar-refractivity contribution in [1.29, 1.82) is 0 Å². The number of benzene rings is 10. The first-order chi connectivity index (χ1) is 23.8. The van der Waals surface area contributed by atoms with Gasteiger partial charge in [-0.25, -0.2) is 0 Å². The Labute approximate surface area is 279 Å². The maximum atomic E-state index is 2.37. The minimum atomic E-state index is 1.21.